The lowest BCUT2D eigenvalue weighted by Gasteiger charge is -2.14. The fourth-order valence-electron chi connectivity index (χ4n) is 2.21. The van der Waals surface area contributed by atoms with Crippen LogP contribution in [0.15, 0.2) is 48.5 Å². The van der Waals surface area contributed by atoms with E-state index in [1.54, 1.807) is 6.07 Å². The lowest BCUT2D eigenvalue weighted by molar-refractivity contribution is -0.150. The average Bonchev–Trinajstić information content (AvgIpc) is 2.53. The first-order valence-corrected chi connectivity index (χ1v) is 6.61. The highest BCUT2D eigenvalue weighted by molar-refractivity contribution is 5.77. The van der Waals surface area contributed by atoms with Crippen LogP contribution in [0.3, 0.4) is 0 Å². The van der Waals surface area contributed by atoms with Crippen molar-refractivity contribution in [3.63, 3.8) is 0 Å². The van der Waals surface area contributed by atoms with Crippen molar-refractivity contribution in [2.45, 2.75) is 19.4 Å². The number of carbonyl (C=O) groups excluding carboxylic acids is 1. The highest BCUT2D eigenvalue weighted by atomic mass is 16.5. The summed E-state index contributed by atoms with van der Waals surface area (Å²) in [7, 11) is 1.27. The molecule has 0 aromatic heterocycles. The van der Waals surface area contributed by atoms with E-state index in [1.807, 2.05) is 42.5 Å². The normalized spacial score (nSPS) is 11.9. The van der Waals surface area contributed by atoms with E-state index in [2.05, 4.69) is 11.7 Å². The molecule has 1 unspecified atom stereocenters. The first-order chi connectivity index (χ1) is 9.67. The highest BCUT2D eigenvalue weighted by Gasteiger charge is 2.19. The molecular formula is C17H18O3. The molecule has 0 aliphatic heterocycles. The summed E-state index contributed by atoms with van der Waals surface area (Å²) < 4.78 is 4.58. The molecule has 3 nitrogen and oxygen atoms in total. The van der Waals surface area contributed by atoms with Crippen molar-refractivity contribution in [1.82, 2.24) is 0 Å². The summed E-state index contributed by atoms with van der Waals surface area (Å²) in [5.41, 5.74) is 3.83. The van der Waals surface area contributed by atoms with Crippen LogP contribution in [-0.2, 0) is 16.0 Å². The van der Waals surface area contributed by atoms with Crippen LogP contribution in [0.25, 0.3) is 11.1 Å². The molecule has 0 saturated heterocycles. The molecule has 0 fully saturated rings. The van der Waals surface area contributed by atoms with E-state index < -0.39 is 12.1 Å². The Morgan fingerprint density at radius 2 is 1.90 bits per heavy atom. The monoisotopic (exact) mass is 270 g/mol. The van der Waals surface area contributed by atoms with E-state index in [-0.39, 0.29) is 0 Å². The van der Waals surface area contributed by atoms with Crippen molar-refractivity contribution in [2.75, 3.05) is 7.11 Å². The molecular weight excluding hydrogens is 252 g/mol. The van der Waals surface area contributed by atoms with Gasteiger partial charge in [-0.05, 0) is 34.7 Å². The van der Waals surface area contributed by atoms with E-state index >= 15 is 0 Å². The maximum absolute atomic E-state index is 11.4. The quantitative estimate of drug-likeness (QED) is 0.868. The van der Waals surface area contributed by atoms with Gasteiger partial charge in [-0.1, -0.05) is 49.4 Å². The third-order valence-corrected chi connectivity index (χ3v) is 3.34. The van der Waals surface area contributed by atoms with Gasteiger partial charge >= 0.3 is 5.97 Å². The van der Waals surface area contributed by atoms with Gasteiger partial charge in [-0.25, -0.2) is 4.79 Å². The number of hydrogen-bond donors (Lipinski definition) is 1. The van der Waals surface area contributed by atoms with Gasteiger partial charge < -0.3 is 9.84 Å². The molecule has 2 aromatic rings. The van der Waals surface area contributed by atoms with E-state index in [9.17, 15) is 9.90 Å². The number of carbonyl (C=O) groups is 1. The van der Waals surface area contributed by atoms with Crippen LogP contribution in [0, 0.1) is 0 Å². The number of ether oxygens (including phenoxy) is 1. The molecule has 0 amide bonds. The van der Waals surface area contributed by atoms with Crippen molar-refractivity contribution < 1.29 is 14.6 Å². The molecule has 2 rings (SSSR count). The Kier molecular flexibility index (Phi) is 4.53. The SMILES string of the molecule is CCc1ccc(C(O)C(=O)OC)cc1-c1ccccc1. The number of rotatable bonds is 4. The second-order valence-electron chi connectivity index (χ2n) is 4.56. The predicted octanol–water partition coefficient (Wildman–Crippen LogP) is 3.12. The Morgan fingerprint density at radius 1 is 1.20 bits per heavy atom. The maximum Gasteiger partial charge on any atom is 0.339 e. The second-order valence-corrected chi connectivity index (χ2v) is 4.56. The van der Waals surface area contributed by atoms with Crippen LogP contribution < -0.4 is 0 Å². The van der Waals surface area contributed by atoms with Crippen LogP contribution in [0.5, 0.6) is 0 Å². The van der Waals surface area contributed by atoms with Crippen molar-refractivity contribution >= 4 is 5.97 Å². The van der Waals surface area contributed by atoms with Gasteiger partial charge in [-0.2, -0.15) is 0 Å². The molecule has 0 spiro atoms. The molecule has 0 aliphatic carbocycles. The summed E-state index contributed by atoms with van der Waals surface area (Å²) in [4.78, 5) is 11.4. The van der Waals surface area contributed by atoms with Crippen LogP contribution >= 0.6 is 0 Å². The van der Waals surface area contributed by atoms with Crippen molar-refractivity contribution in [2.24, 2.45) is 0 Å². The molecule has 0 heterocycles. The zero-order valence-electron chi connectivity index (χ0n) is 11.7. The van der Waals surface area contributed by atoms with Gasteiger partial charge in [0, 0.05) is 0 Å². The van der Waals surface area contributed by atoms with E-state index in [1.165, 1.54) is 12.7 Å². The molecule has 0 aliphatic rings. The third kappa shape index (κ3) is 2.89. The van der Waals surface area contributed by atoms with E-state index in [4.69, 9.17) is 0 Å². The Labute approximate surface area is 118 Å². The van der Waals surface area contributed by atoms with Gasteiger partial charge in [-0.15, -0.1) is 0 Å². The summed E-state index contributed by atoms with van der Waals surface area (Å²) >= 11 is 0. The molecule has 1 N–H and O–H groups in total. The zero-order chi connectivity index (χ0) is 14.5. The second kappa shape index (κ2) is 6.35. The summed E-state index contributed by atoms with van der Waals surface area (Å²) in [5.74, 6) is -0.645. The van der Waals surface area contributed by atoms with Crippen LogP contribution in [0.4, 0.5) is 0 Å². The molecule has 0 radical (unpaired) electrons. The number of aliphatic hydroxyl groups excluding tert-OH is 1. The van der Waals surface area contributed by atoms with E-state index in [0.29, 0.717) is 5.56 Å². The fourth-order valence-corrected chi connectivity index (χ4v) is 2.21. The van der Waals surface area contributed by atoms with Crippen molar-refractivity contribution in [1.29, 1.82) is 0 Å². The van der Waals surface area contributed by atoms with E-state index in [0.717, 1.165) is 17.5 Å². The number of methoxy groups -OCH3 is 1. The number of esters is 1. The van der Waals surface area contributed by atoms with Crippen LogP contribution in [0.2, 0.25) is 0 Å². The average molecular weight is 270 g/mol. The minimum atomic E-state index is -1.24. The Hall–Kier alpha value is -2.13. The third-order valence-electron chi connectivity index (χ3n) is 3.34. The Bertz CT molecular complexity index is 590. The molecule has 104 valence electrons. The number of benzene rings is 2. The topological polar surface area (TPSA) is 46.5 Å². The van der Waals surface area contributed by atoms with Crippen LogP contribution in [-0.4, -0.2) is 18.2 Å². The Morgan fingerprint density at radius 3 is 2.50 bits per heavy atom. The minimum Gasteiger partial charge on any atom is -0.467 e. The van der Waals surface area contributed by atoms with Gasteiger partial charge in [0.2, 0.25) is 0 Å². The molecule has 1 atom stereocenters. The van der Waals surface area contributed by atoms with Crippen molar-refractivity contribution in [3.8, 4) is 11.1 Å². The largest absolute Gasteiger partial charge is 0.467 e. The predicted molar refractivity (Wildman–Crippen MR) is 78.2 cm³/mol. The van der Waals surface area contributed by atoms with Crippen LogP contribution in [0.1, 0.15) is 24.2 Å². The molecule has 2 aromatic carbocycles. The molecule has 0 bridgehead atoms. The first kappa shape index (κ1) is 14.3. The number of hydrogen-bond acceptors (Lipinski definition) is 3. The Balaban J connectivity index is 2.47. The first-order valence-electron chi connectivity index (χ1n) is 6.61. The van der Waals surface area contributed by atoms with Gasteiger partial charge in [0.05, 0.1) is 7.11 Å². The number of aryl methyl sites for hydroxylation is 1. The highest BCUT2D eigenvalue weighted by Crippen LogP contribution is 2.28. The number of aliphatic hydroxyl groups is 1. The van der Waals surface area contributed by atoms with Gasteiger partial charge in [0.1, 0.15) is 0 Å². The smallest absolute Gasteiger partial charge is 0.339 e. The molecule has 3 heteroatoms. The van der Waals surface area contributed by atoms with Gasteiger partial charge in [0.25, 0.3) is 0 Å². The maximum atomic E-state index is 11.4. The standard InChI is InChI=1S/C17H18O3/c1-3-12-9-10-14(16(18)17(19)20-2)11-15(12)13-7-5-4-6-8-13/h4-11,16,18H,3H2,1-2H3. The summed E-state index contributed by atoms with van der Waals surface area (Å²) in [5, 5.41) is 9.95. The lowest BCUT2D eigenvalue weighted by atomic mass is 9.94. The van der Waals surface area contributed by atoms with Crippen molar-refractivity contribution in [3.05, 3.63) is 59.7 Å². The zero-order valence-corrected chi connectivity index (χ0v) is 11.7. The molecule has 0 saturated carbocycles. The summed E-state index contributed by atoms with van der Waals surface area (Å²) in [6, 6.07) is 15.5. The van der Waals surface area contributed by atoms with Gasteiger partial charge in [0.15, 0.2) is 6.10 Å². The summed E-state index contributed by atoms with van der Waals surface area (Å²) in [6.45, 7) is 2.08. The fraction of sp³-hybridized carbons (Fsp3) is 0.235. The lowest BCUT2D eigenvalue weighted by Crippen LogP contribution is -2.13. The van der Waals surface area contributed by atoms with Gasteiger partial charge in [-0.3, -0.25) is 0 Å². The molecule has 20 heavy (non-hydrogen) atoms. The minimum absolute atomic E-state index is 0.549. The summed E-state index contributed by atoms with van der Waals surface area (Å²) in [6.07, 6.45) is -0.355.